The molecule has 0 aliphatic heterocycles. The molecule has 0 bridgehead atoms. The Morgan fingerprint density at radius 2 is 1.80 bits per heavy atom. The Bertz CT molecular complexity index is 733. The topological polar surface area (TPSA) is 34.1 Å². The van der Waals surface area contributed by atoms with E-state index in [1.54, 1.807) is 42.5 Å². The molecule has 20 heavy (non-hydrogen) atoms. The van der Waals surface area contributed by atoms with E-state index in [0.29, 0.717) is 23.0 Å². The van der Waals surface area contributed by atoms with Crippen LogP contribution in [-0.2, 0) is 10.5 Å². The van der Waals surface area contributed by atoms with E-state index in [1.807, 2.05) is 0 Å². The van der Waals surface area contributed by atoms with Gasteiger partial charge in [-0.3, -0.25) is 9.59 Å². The van der Waals surface area contributed by atoms with Crippen LogP contribution < -0.4 is 0 Å². The number of benzene rings is 2. The lowest BCUT2D eigenvalue weighted by Gasteiger charge is -2.28. The number of rotatable bonds is 2. The van der Waals surface area contributed by atoms with Gasteiger partial charge in [-0.25, -0.2) is 4.39 Å². The minimum Gasteiger partial charge on any atom is -0.298 e. The number of carbonyl (C=O) groups is 2. The van der Waals surface area contributed by atoms with Crippen LogP contribution in [0, 0.1) is 0 Å². The lowest BCUT2D eigenvalue weighted by molar-refractivity contribution is -0.123. The van der Waals surface area contributed by atoms with E-state index in [1.165, 1.54) is 18.2 Å². The molecule has 2 aromatic rings. The number of ketones is 1. The van der Waals surface area contributed by atoms with Gasteiger partial charge in [-0.15, -0.1) is 0 Å². The van der Waals surface area contributed by atoms with Crippen molar-refractivity contribution >= 4 is 18.1 Å². The molecular formula is C17H11FO2. The highest BCUT2D eigenvalue weighted by Gasteiger charge is 2.43. The van der Waals surface area contributed by atoms with Gasteiger partial charge < -0.3 is 0 Å². The number of hydrogen-bond acceptors (Lipinski definition) is 2. The maximum atomic E-state index is 15.5. The number of hydrogen-bond donors (Lipinski definition) is 0. The second kappa shape index (κ2) is 4.53. The molecule has 0 N–H and O–H groups in total. The first-order valence-corrected chi connectivity index (χ1v) is 6.23. The molecule has 0 unspecified atom stereocenters. The van der Waals surface area contributed by atoms with Crippen molar-refractivity contribution in [2.24, 2.45) is 0 Å². The summed E-state index contributed by atoms with van der Waals surface area (Å²) < 4.78 is 15.5. The minimum atomic E-state index is -2.23. The summed E-state index contributed by atoms with van der Waals surface area (Å²) in [4.78, 5) is 23.0. The van der Waals surface area contributed by atoms with Crippen LogP contribution in [0.15, 0.2) is 54.6 Å². The third-order valence-corrected chi connectivity index (χ3v) is 3.51. The van der Waals surface area contributed by atoms with E-state index < -0.39 is 11.5 Å². The van der Waals surface area contributed by atoms with Gasteiger partial charge in [0.15, 0.2) is 0 Å². The van der Waals surface area contributed by atoms with E-state index in [0.717, 1.165) is 0 Å². The first-order chi connectivity index (χ1) is 9.66. The molecule has 0 radical (unpaired) electrons. The van der Waals surface area contributed by atoms with Crippen molar-refractivity contribution in [3.8, 4) is 0 Å². The molecule has 1 atom stereocenters. The third-order valence-electron chi connectivity index (χ3n) is 3.51. The smallest absolute Gasteiger partial charge is 0.223 e. The minimum absolute atomic E-state index is 0.184. The molecule has 1 aliphatic rings. The van der Waals surface area contributed by atoms with E-state index in [-0.39, 0.29) is 5.56 Å². The van der Waals surface area contributed by atoms with E-state index >= 15 is 4.39 Å². The second-order valence-electron chi connectivity index (χ2n) is 4.69. The van der Waals surface area contributed by atoms with Gasteiger partial charge in [0.2, 0.25) is 11.5 Å². The summed E-state index contributed by atoms with van der Waals surface area (Å²) in [5, 5.41) is 0. The van der Waals surface area contributed by atoms with Gasteiger partial charge in [-0.1, -0.05) is 48.5 Å². The molecule has 1 aliphatic carbocycles. The summed E-state index contributed by atoms with van der Waals surface area (Å²) in [6.07, 6.45) is 3.50. The first kappa shape index (κ1) is 12.5. The zero-order chi connectivity index (χ0) is 14.2. The molecule has 0 fully saturated rings. The molecule has 2 nitrogen and oxygen atoms in total. The summed E-state index contributed by atoms with van der Waals surface area (Å²) in [5.41, 5.74) is -0.713. The highest BCUT2D eigenvalue weighted by atomic mass is 19.1. The summed E-state index contributed by atoms with van der Waals surface area (Å²) in [5.74, 6) is -0.626. The maximum absolute atomic E-state index is 15.5. The van der Waals surface area contributed by atoms with Crippen molar-refractivity contribution in [3.63, 3.8) is 0 Å². The zero-order valence-electron chi connectivity index (χ0n) is 10.5. The van der Waals surface area contributed by atoms with Crippen molar-refractivity contribution in [3.05, 3.63) is 76.9 Å². The first-order valence-electron chi connectivity index (χ1n) is 6.23. The van der Waals surface area contributed by atoms with Crippen LogP contribution in [0.25, 0.3) is 6.08 Å². The largest absolute Gasteiger partial charge is 0.298 e. The quantitative estimate of drug-likeness (QED) is 0.781. The number of carbonyl (C=O) groups excluding carboxylic acids is 2. The van der Waals surface area contributed by atoms with Crippen molar-refractivity contribution in [2.45, 2.75) is 5.67 Å². The molecule has 0 heterocycles. The van der Waals surface area contributed by atoms with Crippen molar-refractivity contribution in [1.82, 2.24) is 0 Å². The summed E-state index contributed by atoms with van der Waals surface area (Å²) >= 11 is 0. The van der Waals surface area contributed by atoms with Crippen molar-refractivity contribution < 1.29 is 14.0 Å². The molecule has 3 rings (SSSR count). The monoisotopic (exact) mass is 266 g/mol. The predicted octanol–water partition coefficient (Wildman–Crippen LogP) is 3.31. The third kappa shape index (κ3) is 1.71. The van der Waals surface area contributed by atoms with Crippen molar-refractivity contribution in [2.75, 3.05) is 0 Å². The number of aldehydes is 1. The highest BCUT2D eigenvalue weighted by Crippen LogP contribution is 2.40. The number of allylic oxidation sites excluding steroid dienone is 1. The Balaban J connectivity index is 2.26. The van der Waals surface area contributed by atoms with Crippen LogP contribution in [0.3, 0.4) is 0 Å². The zero-order valence-corrected chi connectivity index (χ0v) is 10.5. The van der Waals surface area contributed by atoms with E-state index in [9.17, 15) is 9.59 Å². The molecule has 3 heteroatoms. The van der Waals surface area contributed by atoms with Crippen LogP contribution in [0.4, 0.5) is 4.39 Å². The number of halogens is 1. The molecule has 0 saturated heterocycles. The molecule has 0 spiro atoms. The predicted molar refractivity (Wildman–Crippen MR) is 74.2 cm³/mol. The maximum Gasteiger partial charge on any atom is 0.223 e. The average molecular weight is 266 g/mol. The van der Waals surface area contributed by atoms with Gasteiger partial charge in [0.05, 0.1) is 0 Å². The van der Waals surface area contributed by atoms with Crippen molar-refractivity contribution in [1.29, 1.82) is 0 Å². The van der Waals surface area contributed by atoms with Gasteiger partial charge in [-0.05, 0) is 17.7 Å². The average Bonchev–Trinajstić information content (AvgIpc) is 2.51. The highest BCUT2D eigenvalue weighted by molar-refractivity contribution is 6.06. The standard InChI is InChI=1S/C17H11FO2/c18-17(14-6-3-4-12(10-14)11-19)15-7-2-1-5-13(15)8-9-16(17)20/h1-11H/t17-/m0/s1. The number of alkyl halides is 1. The summed E-state index contributed by atoms with van der Waals surface area (Å²) in [6.45, 7) is 0. The van der Waals surface area contributed by atoms with Gasteiger partial charge in [0.25, 0.3) is 0 Å². The second-order valence-corrected chi connectivity index (χ2v) is 4.69. The Morgan fingerprint density at radius 3 is 2.60 bits per heavy atom. The van der Waals surface area contributed by atoms with E-state index in [4.69, 9.17) is 0 Å². The molecule has 2 aromatic carbocycles. The Morgan fingerprint density at radius 1 is 1.00 bits per heavy atom. The van der Waals surface area contributed by atoms with Gasteiger partial charge in [0.1, 0.15) is 6.29 Å². The Labute approximate surface area is 115 Å². The van der Waals surface area contributed by atoms with Crippen LogP contribution >= 0.6 is 0 Å². The fourth-order valence-corrected chi connectivity index (χ4v) is 2.49. The normalized spacial score (nSPS) is 20.6. The van der Waals surface area contributed by atoms with Gasteiger partial charge in [-0.2, -0.15) is 0 Å². The fourth-order valence-electron chi connectivity index (χ4n) is 2.49. The molecule has 98 valence electrons. The van der Waals surface area contributed by atoms with Crippen LogP contribution in [-0.4, -0.2) is 12.1 Å². The fraction of sp³-hybridized carbons (Fsp3) is 0.0588. The summed E-state index contributed by atoms with van der Waals surface area (Å²) in [6, 6.07) is 13.0. The van der Waals surface area contributed by atoms with Gasteiger partial charge in [0, 0.05) is 16.7 Å². The number of fused-ring (bicyclic) bond motifs is 1. The Kier molecular flexibility index (Phi) is 2.83. The summed E-state index contributed by atoms with van der Waals surface area (Å²) in [7, 11) is 0. The molecule has 0 aromatic heterocycles. The van der Waals surface area contributed by atoms with Crippen LogP contribution in [0.5, 0.6) is 0 Å². The lowest BCUT2D eigenvalue weighted by atomic mass is 9.78. The molecule has 0 amide bonds. The molecular weight excluding hydrogens is 255 g/mol. The molecule has 0 saturated carbocycles. The van der Waals surface area contributed by atoms with Gasteiger partial charge >= 0.3 is 0 Å². The van der Waals surface area contributed by atoms with Crippen LogP contribution in [0.2, 0.25) is 0 Å². The lowest BCUT2D eigenvalue weighted by Crippen LogP contribution is -2.34. The van der Waals surface area contributed by atoms with Crippen LogP contribution in [0.1, 0.15) is 27.0 Å². The SMILES string of the molecule is O=Cc1cccc([C@@]2(F)C(=O)C=Cc3ccccc32)c1. The Hall–Kier alpha value is -2.55. The van der Waals surface area contributed by atoms with E-state index in [2.05, 4.69) is 0 Å².